The SMILES string of the molecule is NCC1CCNc2c(Br)c(-c3cccnc3)nn21. The number of halogens is 1. The summed E-state index contributed by atoms with van der Waals surface area (Å²) in [4.78, 5) is 4.13. The molecular weight excluding hydrogens is 294 g/mol. The van der Waals surface area contributed by atoms with Gasteiger partial charge in [-0.05, 0) is 34.5 Å². The molecule has 0 bridgehead atoms. The molecule has 0 amide bonds. The van der Waals surface area contributed by atoms with Gasteiger partial charge in [0, 0.05) is 31.0 Å². The zero-order chi connectivity index (χ0) is 12.5. The van der Waals surface area contributed by atoms with Crippen molar-refractivity contribution in [3.63, 3.8) is 0 Å². The van der Waals surface area contributed by atoms with Gasteiger partial charge in [0.25, 0.3) is 0 Å². The van der Waals surface area contributed by atoms with Crippen molar-refractivity contribution >= 4 is 21.7 Å². The standard InChI is InChI=1S/C12H14BrN5/c13-10-11(8-2-1-4-15-7-8)17-18-9(6-14)3-5-16-12(10)18/h1-2,4,7,9,16H,3,5-6,14H2. The van der Waals surface area contributed by atoms with E-state index in [1.165, 1.54) is 0 Å². The topological polar surface area (TPSA) is 68.8 Å². The normalized spacial score (nSPS) is 18.2. The van der Waals surface area contributed by atoms with Gasteiger partial charge in [-0.15, -0.1) is 0 Å². The van der Waals surface area contributed by atoms with Crippen LogP contribution in [-0.2, 0) is 0 Å². The van der Waals surface area contributed by atoms with Gasteiger partial charge in [0.15, 0.2) is 0 Å². The predicted octanol–water partition coefficient (Wildman–Crippen LogP) is 2.02. The number of hydrogen-bond donors (Lipinski definition) is 2. The number of nitrogens with one attached hydrogen (secondary N) is 1. The maximum absolute atomic E-state index is 5.80. The molecule has 1 atom stereocenters. The molecule has 1 unspecified atom stereocenters. The lowest BCUT2D eigenvalue weighted by Gasteiger charge is -2.24. The Morgan fingerprint density at radius 3 is 3.17 bits per heavy atom. The molecule has 0 fully saturated rings. The molecule has 0 spiro atoms. The van der Waals surface area contributed by atoms with Crippen LogP contribution in [0.3, 0.4) is 0 Å². The Morgan fingerprint density at radius 2 is 2.44 bits per heavy atom. The molecular formula is C12H14BrN5. The number of fused-ring (bicyclic) bond motifs is 1. The maximum Gasteiger partial charge on any atom is 0.139 e. The van der Waals surface area contributed by atoms with Crippen LogP contribution in [0.1, 0.15) is 12.5 Å². The zero-order valence-corrected chi connectivity index (χ0v) is 11.4. The van der Waals surface area contributed by atoms with Crippen LogP contribution in [0, 0.1) is 0 Å². The van der Waals surface area contributed by atoms with Gasteiger partial charge in [-0.1, -0.05) is 0 Å². The fourth-order valence-corrected chi connectivity index (χ4v) is 2.85. The molecule has 0 radical (unpaired) electrons. The molecule has 94 valence electrons. The fraction of sp³-hybridized carbons (Fsp3) is 0.333. The van der Waals surface area contributed by atoms with Crippen LogP contribution >= 0.6 is 15.9 Å². The molecule has 0 saturated heterocycles. The summed E-state index contributed by atoms with van der Waals surface area (Å²) < 4.78 is 2.96. The fourth-order valence-electron chi connectivity index (χ4n) is 2.22. The third-order valence-corrected chi connectivity index (χ3v) is 3.93. The summed E-state index contributed by atoms with van der Waals surface area (Å²) in [6.45, 7) is 1.54. The highest BCUT2D eigenvalue weighted by Crippen LogP contribution is 2.37. The summed E-state index contributed by atoms with van der Waals surface area (Å²) >= 11 is 3.62. The molecule has 0 aromatic carbocycles. The summed E-state index contributed by atoms with van der Waals surface area (Å²) in [5.74, 6) is 1.01. The molecule has 1 aliphatic rings. The molecule has 3 rings (SSSR count). The highest BCUT2D eigenvalue weighted by atomic mass is 79.9. The van der Waals surface area contributed by atoms with Gasteiger partial charge < -0.3 is 11.1 Å². The van der Waals surface area contributed by atoms with E-state index in [4.69, 9.17) is 5.73 Å². The highest BCUT2D eigenvalue weighted by molar-refractivity contribution is 9.10. The van der Waals surface area contributed by atoms with Crippen LogP contribution in [0.5, 0.6) is 0 Å². The number of nitrogens with two attached hydrogens (primary N) is 1. The van der Waals surface area contributed by atoms with E-state index in [0.29, 0.717) is 6.54 Å². The molecule has 2 aromatic rings. The number of pyridine rings is 1. The first-order chi connectivity index (χ1) is 8.81. The molecule has 0 saturated carbocycles. The quantitative estimate of drug-likeness (QED) is 0.890. The Bertz CT molecular complexity index is 551. The number of anilines is 1. The van der Waals surface area contributed by atoms with E-state index in [1.54, 1.807) is 6.20 Å². The van der Waals surface area contributed by atoms with Gasteiger partial charge in [-0.25, -0.2) is 4.68 Å². The van der Waals surface area contributed by atoms with Crippen LogP contribution in [0.25, 0.3) is 11.3 Å². The lowest BCUT2D eigenvalue weighted by molar-refractivity contribution is 0.428. The molecule has 3 N–H and O–H groups in total. The van der Waals surface area contributed by atoms with E-state index >= 15 is 0 Å². The first kappa shape index (κ1) is 11.7. The van der Waals surface area contributed by atoms with Gasteiger partial charge in [-0.3, -0.25) is 4.98 Å². The van der Waals surface area contributed by atoms with Crippen LogP contribution in [-0.4, -0.2) is 27.9 Å². The molecule has 18 heavy (non-hydrogen) atoms. The lowest BCUT2D eigenvalue weighted by Crippen LogP contribution is -2.28. The molecule has 5 nitrogen and oxygen atoms in total. The highest BCUT2D eigenvalue weighted by Gasteiger charge is 2.25. The second kappa shape index (κ2) is 4.70. The monoisotopic (exact) mass is 307 g/mol. The smallest absolute Gasteiger partial charge is 0.139 e. The predicted molar refractivity (Wildman–Crippen MR) is 74.4 cm³/mol. The van der Waals surface area contributed by atoms with Crippen LogP contribution in [0.15, 0.2) is 29.0 Å². The van der Waals surface area contributed by atoms with E-state index in [2.05, 4.69) is 31.3 Å². The minimum absolute atomic E-state index is 0.267. The van der Waals surface area contributed by atoms with Crippen LogP contribution < -0.4 is 11.1 Å². The third-order valence-electron chi connectivity index (χ3n) is 3.18. The van der Waals surface area contributed by atoms with Crippen molar-refractivity contribution in [1.82, 2.24) is 14.8 Å². The Balaban J connectivity index is 2.11. The van der Waals surface area contributed by atoms with Crippen molar-refractivity contribution in [2.24, 2.45) is 5.73 Å². The minimum Gasteiger partial charge on any atom is -0.369 e. The summed E-state index contributed by atoms with van der Waals surface area (Å²) in [5, 5.41) is 8.02. The van der Waals surface area contributed by atoms with Crippen molar-refractivity contribution in [2.45, 2.75) is 12.5 Å². The van der Waals surface area contributed by atoms with Gasteiger partial charge in [-0.2, -0.15) is 5.10 Å². The number of aromatic nitrogens is 3. The van der Waals surface area contributed by atoms with Gasteiger partial charge in [0.1, 0.15) is 11.5 Å². The van der Waals surface area contributed by atoms with Gasteiger partial charge in [0.05, 0.1) is 10.5 Å². The maximum atomic E-state index is 5.80. The third kappa shape index (κ3) is 1.81. The summed E-state index contributed by atoms with van der Waals surface area (Å²) in [6, 6.07) is 4.18. The average molecular weight is 308 g/mol. The van der Waals surface area contributed by atoms with Crippen molar-refractivity contribution < 1.29 is 0 Å². The molecule has 3 heterocycles. The molecule has 6 heteroatoms. The molecule has 0 aliphatic carbocycles. The Labute approximate surface area is 114 Å². The van der Waals surface area contributed by atoms with Crippen molar-refractivity contribution in [1.29, 1.82) is 0 Å². The van der Waals surface area contributed by atoms with E-state index in [-0.39, 0.29) is 6.04 Å². The summed E-state index contributed by atoms with van der Waals surface area (Å²) in [7, 11) is 0. The molecule has 1 aliphatic heterocycles. The van der Waals surface area contributed by atoms with Crippen LogP contribution in [0.2, 0.25) is 0 Å². The van der Waals surface area contributed by atoms with E-state index < -0.39 is 0 Å². The van der Waals surface area contributed by atoms with Gasteiger partial charge in [0.2, 0.25) is 0 Å². The Kier molecular flexibility index (Phi) is 3.05. The first-order valence-electron chi connectivity index (χ1n) is 5.93. The van der Waals surface area contributed by atoms with Crippen molar-refractivity contribution in [2.75, 3.05) is 18.4 Å². The Morgan fingerprint density at radius 1 is 1.56 bits per heavy atom. The minimum atomic E-state index is 0.267. The van der Waals surface area contributed by atoms with E-state index in [9.17, 15) is 0 Å². The van der Waals surface area contributed by atoms with Gasteiger partial charge >= 0.3 is 0 Å². The first-order valence-corrected chi connectivity index (χ1v) is 6.73. The average Bonchev–Trinajstić information content (AvgIpc) is 2.77. The number of nitrogens with zero attached hydrogens (tertiary/aromatic N) is 3. The second-order valence-corrected chi connectivity index (χ2v) is 5.10. The van der Waals surface area contributed by atoms with Crippen molar-refractivity contribution in [3.8, 4) is 11.3 Å². The van der Waals surface area contributed by atoms with E-state index in [1.807, 2.05) is 23.0 Å². The summed E-state index contributed by atoms with van der Waals surface area (Å²) in [5.41, 5.74) is 7.71. The van der Waals surface area contributed by atoms with E-state index in [0.717, 1.165) is 34.5 Å². The largest absolute Gasteiger partial charge is 0.369 e. The van der Waals surface area contributed by atoms with Crippen LogP contribution in [0.4, 0.5) is 5.82 Å². The van der Waals surface area contributed by atoms with Crippen molar-refractivity contribution in [3.05, 3.63) is 29.0 Å². The number of rotatable bonds is 2. The second-order valence-electron chi connectivity index (χ2n) is 4.30. The Hall–Kier alpha value is -1.40. The summed E-state index contributed by atoms with van der Waals surface area (Å²) in [6.07, 6.45) is 4.58. The zero-order valence-electron chi connectivity index (χ0n) is 9.81. The number of hydrogen-bond acceptors (Lipinski definition) is 4. The molecule has 2 aromatic heterocycles. The lowest BCUT2D eigenvalue weighted by atomic mass is 10.2.